The fourth-order valence-corrected chi connectivity index (χ4v) is 3.25. The van der Waals surface area contributed by atoms with Crippen molar-refractivity contribution in [3.63, 3.8) is 0 Å². The van der Waals surface area contributed by atoms with Crippen LogP contribution in [0.5, 0.6) is 0 Å². The van der Waals surface area contributed by atoms with Gasteiger partial charge in [-0.3, -0.25) is 4.90 Å². The van der Waals surface area contributed by atoms with Crippen LogP contribution in [-0.4, -0.2) is 43.8 Å². The molecule has 3 rings (SSSR count). The molecule has 1 aliphatic rings. The zero-order valence-electron chi connectivity index (χ0n) is 15.2. The number of aryl methyl sites for hydroxylation is 1. The first-order chi connectivity index (χ1) is 13.0. The SMILES string of the molecule is Cc1ccc(NC(=O)NCC(c2ccc(F)cc2)N2CCOCC2)cc1Cl. The average Bonchev–Trinajstić information content (AvgIpc) is 2.67. The van der Waals surface area contributed by atoms with Gasteiger partial charge in [-0.1, -0.05) is 29.8 Å². The number of benzene rings is 2. The zero-order valence-corrected chi connectivity index (χ0v) is 15.9. The predicted molar refractivity (Wildman–Crippen MR) is 105 cm³/mol. The minimum Gasteiger partial charge on any atom is -0.379 e. The molecule has 7 heteroatoms. The van der Waals surface area contributed by atoms with E-state index in [-0.39, 0.29) is 17.9 Å². The lowest BCUT2D eigenvalue weighted by Gasteiger charge is -2.35. The van der Waals surface area contributed by atoms with Crippen LogP contribution in [-0.2, 0) is 4.74 Å². The molecule has 2 N–H and O–H groups in total. The molecule has 1 unspecified atom stereocenters. The van der Waals surface area contributed by atoms with E-state index >= 15 is 0 Å². The molecule has 2 amide bonds. The standard InChI is InChI=1S/C20H23ClFN3O2/c1-14-2-7-17(12-18(14)21)24-20(26)23-13-19(25-8-10-27-11-9-25)15-3-5-16(22)6-4-15/h2-7,12,19H,8-11,13H2,1H3,(H2,23,24,26). The Morgan fingerprint density at radius 1 is 1.22 bits per heavy atom. The number of carbonyl (C=O) groups is 1. The van der Waals surface area contributed by atoms with E-state index in [1.54, 1.807) is 24.3 Å². The Balaban J connectivity index is 1.65. The second kappa shape index (κ2) is 9.17. The monoisotopic (exact) mass is 391 g/mol. The maximum absolute atomic E-state index is 13.3. The van der Waals surface area contributed by atoms with E-state index in [4.69, 9.17) is 16.3 Å². The third-order valence-electron chi connectivity index (χ3n) is 4.63. The van der Waals surface area contributed by atoms with Crippen LogP contribution in [0.25, 0.3) is 0 Å². The first kappa shape index (κ1) is 19.6. The van der Waals surface area contributed by atoms with Crippen LogP contribution in [0, 0.1) is 12.7 Å². The molecule has 144 valence electrons. The lowest BCUT2D eigenvalue weighted by atomic mass is 10.0. The van der Waals surface area contributed by atoms with Crippen LogP contribution in [0.15, 0.2) is 42.5 Å². The largest absolute Gasteiger partial charge is 0.379 e. The Morgan fingerprint density at radius 2 is 1.93 bits per heavy atom. The summed E-state index contributed by atoms with van der Waals surface area (Å²) in [5.74, 6) is -0.276. The van der Waals surface area contributed by atoms with E-state index in [2.05, 4.69) is 15.5 Å². The normalized spacial score (nSPS) is 16.0. The van der Waals surface area contributed by atoms with Gasteiger partial charge in [-0.15, -0.1) is 0 Å². The van der Waals surface area contributed by atoms with Gasteiger partial charge in [0.2, 0.25) is 0 Å². The van der Waals surface area contributed by atoms with Crippen molar-refractivity contribution in [1.29, 1.82) is 0 Å². The molecule has 1 fully saturated rings. The Hall–Kier alpha value is -2.15. The molecule has 27 heavy (non-hydrogen) atoms. The highest BCUT2D eigenvalue weighted by Crippen LogP contribution is 2.22. The molecule has 1 aliphatic heterocycles. The van der Waals surface area contributed by atoms with Gasteiger partial charge in [0.1, 0.15) is 5.82 Å². The molecule has 2 aromatic carbocycles. The van der Waals surface area contributed by atoms with Gasteiger partial charge in [-0.2, -0.15) is 0 Å². The first-order valence-electron chi connectivity index (χ1n) is 8.91. The Kier molecular flexibility index (Phi) is 6.66. The number of nitrogens with zero attached hydrogens (tertiary/aromatic N) is 1. The second-order valence-corrected chi connectivity index (χ2v) is 6.92. The number of urea groups is 1. The maximum atomic E-state index is 13.3. The van der Waals surface area contributed by atoms with Crippen LogP contribution >= 0.6 is 11.6 Å². The summed E-state index contributed by atoms with van der Waals surface area (Å²) in [7, 11) is 0. The summed E-state index contributed by atoms with van der Waals surface area (Å²) < 4.78 is 18.7. The fraction of sp³-hybridized carbons (Fsp3) is 0.350. The number of hydrogen-bond acceptors (Lipinski definition) is 3. The van der Waals surface area contributed by atoms with Crippen molar-refractivity contribution in [2.24, 2.45) is 0 Å². The zero-order chi connectivity index (χ0) is 19.2. The van der Waals surface area contributed by atoms with Crippen molar-refractivity contribution in [3.05, 3.63) is 64.4 Å². The minimum absolute atomic E-state index is 0.0538. The molecule has 1 heterocycles. The third-order valence-corrected chi connectivity index (χ3v) is 5.03. The smallest absolute Gasteiger partial charge is 0.319 e. The summed E-state index contributed by atoms with van der Waals surface area (Å²) >= 11 is 6.10. The lowest BCUT2D eigenvalue weighted by Crippen LogP contribution is -2.44. The highest BCUT2D eigenvalue weighted by molar-refractivity contribution is 6.31. The molecule has 0 radical (unpaired) electrons. The number of rotatable bonds is 5. The fourth-order valence-electron chi connectivity index (χ4n) is 3.07. The number of hydrogen-bond donors (Lipinski definition) is 2. The Morgan fingerprint density at radius 3 is 2.59 bits per heavy atom. The second-order valence-electron chi connectivity index (χ2n) is 6.51. The van der Waals surface area contributed by atoms with Crippen LogP contribution in [0.4, 0.5) is 14.9 Å². The van der Waals surface area contributed by atoms with E-state index in [1.807, 2.05) is 13.0 Å². The number of halogens is 2. The van der Waals surface area contributed by atoms with E-state index in [9.17, 15) is 9.18 Å². The van der Waals surface area contributed by atoms with Crippen molar-refractivity contribution in [3.8, 4) is 0 Å². The molecule has 0 saturated carbocycles. The van der Waals surface area contributed by atoms with Gasteiger partial charge in [0.25, 0.3) is 0 Å². The summed E-state index contributed by atoms with van der Waals surface area (Å²) in [6, 6.07) is 11.4. The third kappa shape index (κ3) is 5.42. The van der Waals surface area contributed by atoms with Crippen molar-refractivity contribution >= 4 is 23.3 Å². The summed E-state index contributed by atoms with van der Waals surface area (Å²) in [4.78, 5) is 14.5. The van der Waals surface area contributed by atoms with E-state index < -0.39 is 0 Å². The van der Waals surface area contributed by atoms with Crippen LogP contribution in [0.1, 0.15) is 17.2 Å². The molecule has 0 aromatic heterocycles. The topological polar surface area (TPSA) is 53.6 Å². The van der Waals surface area contributed by atoms with Crippen LogP contribution < -0.4 is 10.6 Å². The van der Waals surface area contributed by atoms with Gasteiger partial charge in [-0.25, -0.2) is 9.18 Å². The highest BCUT2D eigenvalue weighted by atomic mass is 35.5. The minimum atomic E-state index is -0.310. The molecular weight excluding hydrogens is 369 g/mol. The quantitative estimate of drug-likeness (QED) is 0.810. The summed E-state index contributed by atoms with van der Waals surface area (Å²) in [5, 5.41) is 6.30. The molecule has 0 aliphatic carbocycles. The van der Waals surface area contributed by atoms with Crippen molar-refractivity contribution in [2.45, 2.75) is 13.0 Å². The summed E-state index contributed by atoms with van der Waals surface area (Å²) in [6.45, 7) is 5.12. The summed E-state index contributed by atoms with van der Waals surface area (Å²) in [5.41, 5.74) is 2.54. The molecule has 1 saturated heterocycles. The lowest BCUT2D eigenvalue weighted by molar-refractivity contribution is 0.0167. The molecule has 1 atom stereocenters. The molecule has 5 nitrogen and oxygen atoms in total. The number of amides is 2. The van der Waals surface area contributed by atoms with Crippen molar-refractivity contribution < 1.29 is 13.9 Å². The van der Waals surface area contributed by atoms with Gasteiger partial charge in [0.15, 0.2) is 0 Å². The van der Waals surface area contributed by atoms with Crippen molar-refractivity contribution in [2.75, 3.05) is 38.2 Å². The van der Waals surface area contributed by atoms with Gasteiger partial charge in [0, 0.05) is 30.3 Å². The summed E-state index contributed by atoms with van der Waals surface area (Å²) in [6.07, 6.45) is 0. The molecule has 0 spiro atoms. The number of anilines is 1. The maximum Gasteiger partial charge on any atom is 0.319 e. The number of morpholine rings is 1. The Labute approximate surface area is 163 Å². The molecular formula is C20H23ClFN3O2. The van der Waals surface area contributed by atoms with E-state index in [0.29, 0.717) is 30.5 Å². The number of nitrogens with one attached hydrogen (secondary N) is 2. The Bertz CT molecular complexity index is 779. The number of ether oxygens (including phenoxy) is 1. The van der Waals surface area contributed by atoms with Gasteiger partial charge >= 0.3 is 6.03 Å². The molecule has 0 bridgehead atoms. The van der Waals surface area contributed by atoms with E-state index in [0.717, 1.165) is 24.2 Å². The van der Waals surface area contributed by atoms with Gasteiger partial charge in [-0.05, 0) is 42.3 Å². The van der Waals surface area contributed by atoms with Crippen LogP contribution in [0.2, 0.25) is 5.02 Å². The first-order valence-corrected chi connectivity index (χ1v) is 9.29. The van der Waals surface area contributed by atoms with E-state index in [1.165, 1.54) is 12.1 Å². The van der Waals surface area contributed by atoms with Gasteiger partial charge < -0.3 is 15.4 Å². The number of carbonyl (C=O) groups excluding carboxylic acids is 1. The average molecular weight is 392 g/mol. The molecule has 2 aromatic rings. The van der Waals surface area contributed by atoms with Crippen molar-refractivity contribution in [1.82, 2.24) is 10.2 Å². The van der Waals surface area contributed by atoms with Crippen LogP contribution in [0.3, 0.4) is 0 Å². The van der Waals surface area contributed by atoms with Gasteiger partial charge in [0.05, 0.1) is 19.3 Å². The predicted octanol–water partition coefficient (Wildman–Crippen LogP) is 3.98. The highest BCUT2D eigenvalue weighted by Gasteiger charge is 2.23.